The van der Waals surface area contributed by atoms with E-state index >= 15 is 0 Å². The number of carbonyl (C=O) groups is 2. The molecule has 1 amide bonds. The maximum Gasteiger partial charge on any atom is 0.300 e. The number of nitrogens with zero attached hydrogens (tertiary/aromatic N) is 1. The van der Waals surface area contributed by atoms with Gasteiger partial charge >= 0.3 is 0 Å². The molecule has 3 aromatic rings. The molecule has 4 rings (SSSR count). The standard InChI is InChI=1S/C27H26ClNO5/c1-15-8-9-16(27(2,3)4)13-18(15)24(30)22-23(21-7-6-12-34-21)29(26(32)25(22)31)17-10-11-20(33-5)19(28)14-17/h6-14,23,30H,1-5H3/b24-22+. The summed E-state index contributed by atoms with van der Waals surface area (Å²) in [5.74, 6) is -1.05. The molecule has 2 heterocycles. The zero-order chi connectivity index (χ0) is 24.8. The van der Waals surface area contributed by atoms with Crippen LogP contribution in [0.2, 0.25) is 5.02 Å². The van der Waals surface area contributed by atoms with E-state index in [9.17, 15) is 14.7 Å². The Morgan fingerprint density at radius 3 is 2.44 bits per heavy atom. The van der Waals surface area contributed by atoms with Crippen LogP contribution in [0.4, 0.5) is 5.69 Å². The summed E-state index contributed by atoms with van der Waals surface area (Å²) >= 11 is 6.31. The average Bonchev–Trinajstić information content (AvgIpc) is 3.40. The molecule has 0 aliphatic carbocycles. The van der Waals surface area contributed by atoms with Gasteiger partial charge in [0.2, 0.25) is 0 Å². The van der Waals surface area contributed by atoms with Gasteiger partial charge in [0.05, 0.1) is 24.0 Å². The summed E-state index contributed by atoms with van der Waals surface area (Å²) in [4.78, 5) is 27.8. The van der Waals surface area contributed by atoms with Crippen molar-refractivity contribution in [2.75, 3.05) is 12.0 Å². The Bertz CT molecular complexity index is 1300. The first kappa shape index (κ1) is 23.6. The van der Waals surface area contributed by atoms with E-state index in [0.29, 0.717) is 22.8 Å². The maximum atomic E-state index is 13.3. The number of aliphatic hydroxyl groups is 1. The highest BCUT2D eigenvalue weighted by Gasteiger charge is 2.48. The summed E-state index contributed by atoms with van der Waals surface area (Å²) in [5.41, 5.74) is 2.44. The Kier molecular flexibility index (Phi) is 6.04. The first-order valence-electron chi connectivity index (χ1n) is 10.8. The highest BCUT2D eigenvalue weighted by atomic mass is 35.5. The second kappa shape index (κ2) is 8.69. The van der Waals surface area contributed by atoms with E-state index in [0.717, 1.165) is 11.1 Å². The second-order valence-electron chi connectivity index (χ2n) is 9.28. The number of carbonyl (C=O) groups excluding carboxylic acids is 2. The van der Waals surface area contributed by atoms with Crippen molar-refractivity contribution in [3.8, 4) is 5.75 Å². The van der Waals surface area contributed by atoms with Crippen LogP contribution in [0.15, 0.2) is 64.8 Å². The van der Waals surface area contributed by atoms with Crippen molar-refractivity contribution in [3.63, 3.8) is 0 Å². The minimum Gasteiger partial charge on any atom is -0.507 e. The number of benzene rings is 2. The Morgan fingerprint density at radius 1 is 1.12 bits per heavy atom. The largest absolute Gasteiger partial charge is 0.507 e. The number of methoxy groups -OCH3 is 1. The highest BCUT2D eigenvalue weighted by molar-refractivity contribution is 6.51. The van der Waals surface area contributed by atoms with E-state index in [1.165, 1.54) is 18.3 Å². The molecule has 0 bridgehead atoms. The van der Waals surface area contributed by atoms with Gasteiger partial charge in [-0.3, -0.25) is 14.5 Å². The van der Waals surface area contributed by atoms with E-state index in [1.807, 2.05) is 25.1 Å². The summed E-state index contributed by atoms with van der Waals surface area (Å²) < 4.78 is 10.8. The number of anilines is 1. The van der Waals surface area contributed by atoms with Gasteiger partial charge in [0.25, 0.3) is 11.7 Å². The van der Waals surface area contributed by atoms with Gasteiger partial charge in [0.15, 0.2) is 0 Å². The molecule has 1 N–H and O–H groups in total. The fourth-order valence-corrected chi connectivity index (χ4v) is 4.36. The van der Waals surface area contributed by atoms with Crippen LogP contribution in [0.25, 0.3) is 5.76 Å². The lowest BCUT2D eigenvalue weighted by Gasteiger charge is -2.24. The van der Waals surface area contributed by atoms with Gasteiger partial charge in [-0.05, 0) is 59.9 Å². The number of Topliss-reactive ketones (excluding diaryl/α,β-unsaturated/α-hetero) is 1. The van der Waals surface area contributed by atoms with Crippen LogP contribution in [-0.2, 0) is 15.0 Å². The van der Waals surface area contributed by atoms with Crippen LogP contribution in [0.3, 0.4) is 0 Å². The normalized spacial score (nSPS) is 17.9. The lowest BCUT2D eigenvalue weighted by atomic mass is 9.84. The predicted octanol–water partition coefficient (Wildman–Crippen LogP) is 6.17. The van der Waals surface area contributed by atoms with Gasteiger partial charge in [-0.1, -0.05) is 44.5 Å². The summed E-state index contributed by atoms with van der Waals surface area (Å²) in [6.07, 6.45) is 1.46. The molecule has 1 unspecified atom stereocenters. The number of halogens is 1. The third-order valence-corrected chi connectivity index (χ3v) is 6.32. The molecule has 2 aromatic carbocycles. The topological polar surface area (TPSA) is 80.0 Å². The SMILES string of the molecule is COc1ccc(N2C(=O)C(=O)/C(=C(/O)c3cc(C(C)(C)C)ccc3C)C2c2ccco2)cc1Cl. The van der Waals surface area contributed by atoms with Crippen LogP contribution < -0.4 is 9.64 Å². The number of aryl methyl sites for hydroxylation is 1. The maximum absolute atomic E-state index is 13.3. The van der Waals surface area contributed by atoms with Crippen molar-refractivity contribution in [2.24, 2.45) is 0 Å². The van der Waals surface area contributed by atoms with Crippen LogP contribution in [-0.4, -0.2) is 23.9 Å². The van der Waals surface area contributed by atoms with Crippen molar-refractivity contribution in [3.05, 3.63) is 87.8 Å². The molecular weight excluding hydrogens is 454 g/mol. The third-order valence-electron chi connectivity index (χ3n) is 6.03. The second-order valence-corrected chi connectivity index (χ2v) is 9.69. The third kappa shape index (κ3) is 3.99. The Hall–Kier alpha value is -3.51. The Labute approximate surface area is 203 Å². The van der Waals surface area contributed by atoms with Crippen LogP contribution in [0, 0.1) is 6.92 Å². The van der Waals surface area contributed by atoms with Crippen LogP contribution in [0.1, 0.15) is 49.3 Å². The van der Waals surface area contributed by atoms with Gasteiger partial charge in [-0.2, -0.15) is 0 Å². The molecule has 1 aromatic heterocycles. The molecule has 0 radical (unpaired) electrons. The molecule has 6 nitrogen and oxygen atoms in total. The molecule has 1 saturated heterocycles. The Morgan fingerprint density at radius 2 is 1.85 bits per heavy atom. The van der Waals surface area contributed by atoms with Crippen LogP contribution >= 0.6 is 11.6 Å². The Balaban J connectivity index is 1.94. The van der Waals surface area contributed by atoms with E-state index < -0.39 is 17.7 Å². The van der Waals surface area contributed by atoms with E-state index in [1.54, 1.807) is 30.3 Å². The van der Waals surface area contributed by atoms with Gasteiger partial charge in [0.1, 0.15) is 23.3 Å². The van der Waals surface area contributed by atoms with Crippen molar-refractivity contribution >= 4 is 34.7 Å². The smallest absolute Gasteiger partial charge is 0.300 e. The zero-order valence-electron chi connectivity index (χ0n) is 19.7. The molecule has 34 heavy (non-hydrogen) atoms. The molecular formula is C27H26ClNO5. The number of hydrogen-bond donors (Lipinski definition) is 1. The fourth-order valence-electron chi connectivity index (χ4n) is 4.11. The monoisotopic (exact) mass is 479 g/mol. The molecule has 1 aliphatic heterocycles. The van der Waals surface area contributed by atoms with Gasteiger partial charge in [-0.25, -0.2) is 0 Å². The first-order chi connectivity index (χ1) is 16.0. The average molecular weight is 480 g/mol. The van der Waals surface area contributed by atoms with E-state index in [4.69, 9.17) is 20.8 Å². The summed E-state index contributed by atoms with van der Waals surface area (Å²) in [6, 6.07) is 12.9. The number of ketones is 1. The number of hydrogen-bond acceptors (Lipinski definition) is 5. The number of rotatable bonds is 4. The van der Waals surface area contributed by atoms with Crippen LogP contribution in [0.5, 0.6) is 5.75 Å². The summed E-state index contributed by atoms with van der Waals surface area (Å²) in [6.45, 7) is 8.05. The van der Waals surface area contributed by atoms with Gasteiger partial charge in [-0.15, -0.1) is 0 Å². The van der Waals surface area contributed by atoms with Gasteiger partial charge < -0.3 is 14.3 Å². The molecule has 7 heteroatoms. The highest BCUT2D eigenvalue weighted by Crippen LogP contribution is 2.44. The lowest BCUT2D eigenvalue weighted by molar-refractivity contribution is -0.132. The zero-order valence-corrected chi connectivity index (χ0v) is 20.4. The number of furan rings is 1. The van der Waals surface area contributed by atoms with Crippen molar-refractivity contribution in [2.45, 2.75) is 39.2 Å². The van der Waals surface area contributed by atoms with Crippen molar-refractivity contribution < 1.29 is 23.8 Å². The number of aliphatic hydroxyl groups excluding tert-OH is 1. The molecule has 1 fully saturated rings. The molecule has 0 saturated carbocycles. The molecule has 1 aliphatic rings. The summed E-state index contributed by atoms with van der Waals surface area (Å²) in [7, 11) is 1.49. The molecule has 176 valence electrons. The number of ether oxygens (including phenoxy) is 1. The summed E-state index contributed by atoms with van der Waals surface area (Å²) in [5, 5.41) is 11.7. The first-order valence-corrected chi connectivity index (χ1v) is 11.2. The van der Waals surface area contributed by atoms with E-state index in [2.05, 4.69) is 20.8 Å². The quantitative estimate of drug-likeness (QED) is 0.275. The molecule has 1 atom stereocenters. The molecule has 0 spiro atoms. The number of amides is 1. The fraction of sp³-hybridized carbons (Fsp3) is 0.259. The minimum absolute atomic E-state index is 0.0407. The van der Waals surface area contributed by atoms with E-state index in [-0.39, 0.29) is 21.8 Å². The van der Waals surface area contributed by atoms with Gasteiger partial charge in [0, 0.05) is 11.3 Å². The van der Waals surface area contributed by atoms with Crippen molar-refractivity contribution in [1.29, 1.82) is 0 Å². The lowest BCUT2D eigenvalue weighted by Crippen LogP contribution is -2.29. The predicted molar refractivity (Wildman–Crippen MR) is 131 cm³/mol. The van der Waals surface area contributed by atoms with Crippen molar-refractivity contribution in [1.82, 2.24) is 0 Å². The minimum atomic E-state index is -0.961.